The van der Waals surface area contributed by atoms with Crippen molar-refractivity contribution in [2.24, 2.45) is 0 Å². The molecule has 0 bridgehead atoms. The Morgan fingerprint density at radius 1 is 1.50 bits per heavy atom. The summed E-state index contributed by atoms with van der Waals surface area (Å²) in [6.45, 7) is 5.26. The van der Waals surface area contributed by atoms with E-state index in [4.69, 9.17) is 0 Å². The van der Waals surface area contributed by atoms with E-state index in [1.807, 2.05) is 0 Å². The molecular weight excluding hydrogens is 126 g/mol. The first kappa shape index (κ1) is 7.62. The fourth-order valence-electron chi connectivity index (χ4n) is 0.224. The van der Waals surface area contributed by atoms with Crippen LogP contribution in [0.15, 0.2) is 0 Å². The molecule has 4 heteroatoms. The molecule has 0 spiro atoms. The second kappa shape index (κ2) is 2.26. The van der Waals surface area contributed by atoms with Crippen LogP contribution in [0.25, 0.3) is 0 Å². The third-order valence-corrected chi connectivity index (χ3v) is 0.423. The predicted octanol–water partition coefficient (Wildman–Crippen LogP) is 0.957. The van der Waals surface area contributed by atoms with Gasteiger partial charge in [0.05, 0.1) is 4.91 Å². The molecule has 0 aliphatic rings. The topological polar surface area (TPSA) is 29.3 Å². The summed E-state index contributed by atoms with van der Waals surface area (Å²) in [6.07, 6.45) is 0. The monoisotopic (exact) mass is 135 g/mol. The molecule has 0 fully saturated rings. The largest absolute Gasteiger partial charge is 0.306 e. The van der Waals surface area contributed by atoms with Crippen LogP contribution in [-0.4, -0.2) is 9.93 Å². The Morgan fingerprint density at radius 2 is 1.88 bits per heavy atom. The van der Waals surface area contributed by atoms with E-state index >= 15 is 0 Å². The molecule has 0 N–H and O–H groups in total. The minimum absolute atomic E-state index is 0.0417. The van der Waals surface area contributed by atoms with E-state index in [0.29, 0.717) is 0 Å². The smallest absolute Gasteiger partial charge is 0.175 e. The maximum atomic E-state index is 9.97. The average Bonchev–Trinajstić information content (AvgIpc) is 1.21. The fourth-order valence-corrected chi connectivity index (χ4v) is 0.447. The lowest BCUT2D eigenvalue weighted by atomic mass is 10.2. The van der Waals surface area contributed by atoms with Crippen molar-refractivity contribution in [3.8, 4) is 0 Å². The zero-order chi connectivity index (χ0) is 6.78. The SMILES string of the molecule is CC(C)(C)O[N+](=O)[S-]. The van der Waals surface area contributed by atoms with E-state index in [0.717, 1.165) is 0 Å². The molecule has 48 valence electrons. The van der Waals surface area contributed by atoms with Crippen molar-refractivity contribution < 1.29 is 9.17 Å². The van der Waals surface area contributed by atoms with E-state index in [-0.39, 0.29) is 4.33 Å². The lowest BCUT2D eigenvalue weighted by Crippen LogP contribution is -2.22. The minimum Gasteiger partial charge on any atom is -0.306 e. The number of hydrogen-bond donors (Lipinski definition) is 0. The summed E-state index contributed by atoms with van der Waals surface area (Å²) < 4.78 is 0.0417. The molecular formula is C4H9NO2S. The molecule has 0 saturated carbocycles. The van der Waals surface area contributed by atoms with Gasteiger partial charge >= 0.3 is 0 Å². The van der Waals surface area contributed by atoms with Gasteiger partial charge in [0, 0.05) is 0 Å². The van der Waals surface area contributed by atoms with E-state index in [9.17, 15) is 4.91 Å². The van der Waals surface area contributed by atoms with Crippen LogP contribution in [0, 0.1) is 4.91 Å². The van der Waals surface area contributed by atoms with Crippen molar-refractivity contribution in [2.75, 3.05) is 0 Å². The molecule has 0 aromatic heterocycles. The van der Waals surface area contributed by atoms with Gasteiger partial charge in [0.1, 0.15) is 4.33 Å². The Labute approximate surface area is 54.1 Å². The first-order valence-electron chi connectivity index (χ1n) is 2.25. The Balaban J connectivity index is 3.55. The lowest BCUT2D eigenvalue weighted by Gasteiger charge is -2.11. The number of rotatable bonds is 1. The van der Waals surface area contributed by atoms with Gasteiger partial charge in [-0.1, -0.05) is 0 Å². The van der Waals surface area contributed by atoms with Crippen LogP contribution in [0.5, 0.6) is 0 Å². The summed E-state index contributed by atoms with van der Waals surface area (Å²) >= 11 is 4.08. The van der Waals surface area contributed by atoms with Gasteiger partial charge in [0.15, 0.2) is 5.60 Å². The van der Waals surface area contributed by atoms with Crippen molar-refractivity contribution in [1.82, 2.24) is 0 Å². The van der Waals surface area contributed by atoms with Crippen LogP contribution >= 0.6 is 0 Å². The molecule has 0 aromatic rings. The molecule has 0 aromatic carbocycles. The first-order valence-corrected chi connectivity index (χ1v) is 2.62. The van der Waals surface area contributed by atoms with Crippen molar-refractivity contribution in [3.63, 3.8) is 0 Å². The summed E-state index contributed by atoms with van der Waals surface area (Å²) in [6, 6.07) is 0. The highest BCUT2D eigenvalue weighted by molar-refractivity contribution is 7.51. The van der Waals surface area contributed by atoms with Gasteiger partial charge in [0.25, 0.3) is 0 Å². The van der Waals surface area contributed by atoms with Crippen LogP contribution in [0.2, 0.25) is 0 Å². The Kier molecular flexibility index (Phi) is 2.15. The normalized spacial score (nSPS) is 10.9. The maximum absolute atomic E-state index is 9.97. The van der Waals surface area contributed by atoms with E-state index in [2.05, 4.69) is 17.7 Å². The highest BCUT2D eigenvalue weighted by Crippen LogP contribution is 2.05. The zero-order valence-corrected chi connectivity index (χ0v) is 5.99. The Bertz CT molecular complexity index is 96.7. The van der Waals surface area contributed by atoms with Crippen LogP contribution in [0.1, 0.15) is 20.8 Å². The molecule has 0 rings (SSSR count). The van der Waals surface area contributed by atoms with Gasteiger partial charge in [0.2, 0.25) is 0 Å². The lowest BCUT2D eigenvalue weighted by molar-refractivity contribution is -0.705. The molecule has 0 aliphatic carbocycles. The van der Waals surface area contributed by atoms with Crippen LogP contribution in [0.3, 0.4) is 0 Å². The van der Waals surface area contributed by atoms with Crippen LogP contribution < -0.4 is 0 Å². The van der Waals surface area contributed by atoms with Gasteiger partial charge in [-0.25, -0.2) is 4.84 Å². The third-order valence-electron chi connectivity index (χ3n) is 0.348. The quantitative estimate of drug-likeness (QED) is 0.396. The fraction of sp³-hybridized carbons (Fsp3) is 1.00. The van der Waals surface area contributed by atoms with Crippen LogP contribution in [0.4, 0.5) is 0 Å². The first-order chi connectivity index (χ1) is 3.42. The number of hydrogen-bond acceptors (Lipinski definition) is 3. The summed E-state index contributed by atoms with van der Waals surface area (Å²) in [7, 11) is 0. The highest BCUT2D eigenvalue weighted by atomic mass is 32.1. The average molecular weight is 135 g/mol. The zero-order valence-electron chi connectivity index (χ0n) is 5.17. The molecule has 8 heavy (non-hydrogen) atoms. The Hall–Kier alpha value is -0.380. The van der Waals surface area contributed by atoms with Crippen LogP contribution in [-0.2, 0) is 17.7 Å². The van der Waals surface area contributed by atoms with Gasteiger partial charge < -0.3 is 12.8 Å². The molecule has 0 radical (unpaired) electrons. The summed E-state index contributed by atoms with van der Waals surface area (Å²) in [4.78, 5) is 14.5. The Morgan fingerprint density at radius 3 is 1.88 bits per heavy atom. The van der Waals surface area contributed by atoms with Crippen molar-refractivity contribution in [2.45, 2.75) is 26.4 Å². The molecule has 0 aliphatic heterocycles. The summed E-state index contributed by atoms with van der Waals surface area (Å²) in [5.74, 6) is 0. The van der Waals surface area contributed by atoms with Gasteiger partial charge in [-0.05, 0) is 20.8 Å². The number of nitrogens with zero attached hydrogens (tertiary/aromatic N) is 1. The van der Waals surface area contributed by atoms with Crippen molar-refractivity contribution in [1.29, 1.82) is 0 Å². The highest BCUT2D eigenvalue weighted by Gasteiger charge is 2.16. The van der Waals surface area contributed by atoms with E-state index in [1.165, 1.54) is 0 Å². The van der Waals surface area contributed by atoms with Crippen molar-refractivity contribution >= 4 is 12.8 Å². The maximum Gasteiger partial charge on any atom is 0.175 e. The summed E-state index contributed by atoms with van der Waals surface area (Å²) in [5, 5.41) is 0. The minimum atomic E-state index is -0.469. The van der Waals surface area contributed by atoms with E-state index < -0.39 is 5.60 Å². The van der Waals surface area contributed by atoms with Gasteiger partial charge in [-0.15, -0.1) is 0 Å². The predicted molar refractivity (Wildman–Crippen MR) is 31.8 cm³/mol. The third kappa shape index (κ3) is 5.62. The van der Waals surface area contributed by atoms with Gasteiger partial charge in [-0.2, -0.15) is 0 Å². The second-order valence-corrected chi connectivity index (χ2v) is 2.73. The van der Waals surface area contributed by atoms with Crippen molar-refractivity contribution in [3.05, 3.63) is 4.91 Å². The van der Waals surface area contributed by atoms with Gasteiger partial charge in [-0.3, -0.25) is 0 Å². The molecule has 0 unspecified atom stereocenters. The molecule has 0 atom stereocenters. The second-order valence-electron chi connectivity index (χ2n) is 2.43. The molecule has 0 saturated heterocycles. The summed E-state index contributed by atoms with van der Waals surface area (Å²) in [5.41, 5.74) is -0.469. The molecule has 0 amide bonds. The molecule has 3 nitrogen and oxygen atoms in total. The molecule has 0 heterocycles. The standard InChI is InChI=1S/C4H9NO2S/c1-4(2,3)7-5(6)8/h1-3H3. The van der Waals surface area contributed by atoms with E-state index in [1.54, 1.807) is 20.8 Å².